The highest BCUT2D eigenvalue weighted by atomic mass is 35.5. The third-order valence-electron chi connectivity index (χ3n) is 4.55. The Morgan fingerprint density at radius 3 is 2.58 bits per heavy atom. The van der Waals surface area contributed by atoms with Crippen LogP contribution in [0.3, 0.4) is 0 Å². The second kappa shape index (κ2) is 9.62. The van der Waals surface area contributed by atoms with Crippen LogP contribution in [-0.4, -0.2) is 31.3 Å². The molecule has 0 saturated carbocycles. The Bertz CT molecular complexity index is 1140. The third kappa shape index (κ3) is 5.14. The van der Waals surface area contributed by atoms with E-state index in [9.17, 15) is 18.0 Å². The lowest BCUT2D eigenvalue weighted by molar-refractivity contribution is -0.142. The first-order chi connectivity index (χ1) is 14.7. The van der Waals surface area contributed by atoms with Gasteiger partial charge >= 0.3 is 12.6 Å². The van der Waals surface area contributed by atoms with E-state index in [1.54, 1.807) is 19.1 Å². The molecule has 0 fully saturated rings. The topological polar surface area (TPSA) is 57.7 Å². The lowest BCUT2D eigenvalue weighted by Gasteiger charge is -2.18. The highest BCUT2D eigenvalue weighted by Gasteiger charge is 2.22. The number of ether oxygens (including phenoxy) is 3. The Morgan fingerprint density at radius 2 is 1.94 bits per heavy atom. The van der Waals surface area contributed by atoms with Crippen LogP contribution in [-0.2, 0) is 16.0 Å². The number of hydrogen-bond donors (Lipinski definition) is 0. The van der Waals surface area contributed by atoms with Crippen LogP contribution >= 0.6 is 23.2 Å². The van der Waals surface area contributed by atoms with E-state index >= 15 is 0 Å². The molecule has 164 valence electrons. The number of aromatic nitrogens is 1. The summed E-state index contributed by atoms with van der Waals surface area (Å²) in [7, 11) is 1.20. The van der Waals surface area contributed by atoms with Crippen LogP contribution < -0.4 is 9.47 Å². The molecule has 0 aliphatic carbocycles. The fourth-order valence-corrected chi connectivity index (χ4v) is 3.54. The van der Waals surface area contributed by atoms with Crippen molar-refractivity contribution in [2.24, 2.45) is 0 Å². The zero-order chi connectivity index (χ0) is 22.7. The van der Waals surface area contributed by atoms with E-state index in [-0.39, 0.29) is 28.6 Å². The second-order valence-corrected chi connectivity index (χ2v) is 7.29. The van der Waals surface area contributed by atoms with E-state index in [1.165, 1.54) is 19.2 Å². The van der Waals surface area contributed by atoms with Crippen LogP contribution in [0.5, 0.6) is 11.6 Å². The number of esters is 1. The Balaban J connectivity index is 2.19. The molecule has 0 bridgehead atoms. The number of carbonyl (C=O) groups is 1. The number of hydrogen-bond acceptors (Lipinski definition) is 5. The molecular formula is C21H16Cl2F3NO4. The van der Waals surface area contributed by atoms with Crippen molar-refractivity contribution in [3.05, 3.63) is 62.9 Å². The minimum absolute atomic E-state index is 0.0553. The van der Waals surface area contributed by atoms with E-state index < -0.39 is 30.9 Å². The molecule has 2 aromatic carbocycles. The van der Waals surface area contributed by atoms with Crippen molar-refractivity contribution in [2.45, 2.75) is 20.0 Å². The van der Waals surface area contributed by atoms with E-state index in [0.29, 0.717) is 21.2 Å². The number of pyridine rings is 1. The van der Waals surface area contributed by atoms with Gasteiger partial charge in [-0.1, -0.05) is 29.3 Å². The first-order valence-electron chi connectivity index (χ1n) is 8.91. The van der Waals surface area contributed by atoms with Crippen molar-refractivity contribution >= 4 is 40.1 Å². The van der Waals surface area contributed by atoms with Crippen molar-refractivity contribution in [1.29, 1.82) is 0 Å². The number of methoxy groups -OCH3 is 1. The van der Waals surface area contributed by atoms with E-state index in [0.717, 1.165) is 6.07 Å². The minimum Gasteiger partial charge on any atom is -0.481 e. The van der Waals surface area contributed by atoms with Crippen LogP contribution in [0, 0.1) is 12.7 Å². The maximum absolute atomic E-state index is 14.5. The van der Waals surface area contributed by atoms with Gasteiger partial charge < -0.3 is 14.2 Å². The number of benzene rings is 2. The summed E-state index contributed by atoms with van der Waals surface area (Å²) in [5, 5.41) is 0.939. The number of fused-ring (bicyclic) bond motifs is 1. The first-order valence-corrected chi connectivity index (χ1v) is 9.67. The summed E-state index contributed by atoms with van der Waals surface area (Å²) in [5.74, 6) is -1.71. The molecule has 0 amide bonds. The zero-order valence-corrected chi connectivity index (χ0v) is 17.9. The fourth-order valence-electron chi connectivity index (χ4n) is 3.06. The van der Waals surface area contributed by atoms with Crippen LogP contribution in [0.1, 0.15) is 16.7 Å². The first kappa shape index (κ1) is 23.0. The maximum atomic E-state index is 14.5. The van der Waals surface area contributed by atoms with Gasteiger partial charge in [-0.2, -0.15) is 8.78 Å². The summed E-state index contributed by atoms with van der Waals surface area (Å²) in [6.07, 6.45) is 0.0553. The second-order valence-electron chi connectivity index (χ2n) is 6.45. The van der Waals surface area contributed by atoms with Crippen molar-refractivity contribution in [3.63, 3.8) is 0 Å². The normalized spacial score (nSPS) is 11.1. The van der Waals surface area contributed by atoms with E-state index in [4.69, 9.17) is 27.9 Å². The Kier molecular flexibility index (Phi) is 7.12. The van der Waals surface area contributed by atoms with Crippen LogP contribution in [0.15, 0.2) is 30.3 Å². The van der Waals surface area contributed by atoms with Crippen LogP contribution in [0.25, 0.3) is 10.9 Å². The average molecular weight is 474 g/mol. The standard InChI is InChI=1S/C21H16Cl2F3NO4/c1-10-13(7-11-3-4-12(22)8-14(11)23)20(31-21(25)26)27-19-15(24)5-6-16(18(10)19)30-9-17(28)29-2/h3-6,8,21H,7,9H2,1-2H3. The van der Waals surface area contributed by atoms with Gasteiger partial charge in [0.2, 0.25) is 5.88 Å². The lowest BCUT2D eigenvalue weighted by Crippen LogP contribution is -2.13. The zero-order valence-electron chi connectivity index (χ0n) is 16.3. The van der Waals surface area contributed by atoms with Gasteiger partial charge in [-0.3, -0.25) is 0 Å². The van der Waals surface area contributed by atoms with Gasteiger partial charge in [0.1, 0.15) is 17.1 Å². The van der Waals surface area contributed by atoms with Crippen molar-refractivity contribution < 1.29 is 32.2 Å². The number of aryl methyl sites for hydroxylation is 1. The molecule has 0 atom stereocenters. The van der Waals surface area contributed by atoms with Gasteiger partial charge in [-0.15, -0.1) is 0 Å². The smallest absolute Gasteiger partial charge is 0.388 e. The molecule has 0 spiro atoms. The van der Waals surface area contributed by atoms with Gasteiger partial charge in [-0.25, -0.2) is 14.2 Å². The molecule has 0 unspecified atom stereocenters. The summed E-state index contributed by atoms with van der Waals surface area (Å²) in [4.78, 5) is 15.4. The highest BCUT2D eigenvalue weighted by Crippen LogP contribution is 2.37. The monoisotopic (exact) mass is 473 g/mol. The predicted octanol–water partition coefficient (Wildman–Crippen LogP) is 5.73. The largest absolute Gasteiger partial charge is 0.481 e. The third-order valence-corrected chi connectivity index (χ3v) is 5.13. The average Bonchev–Trinajstić information content (AvgIpc) is 2.71. The molecule has 1 heterocycles. The molecule has 3 rings (SSSR count). The highest BCUT2D eigenvalue weighted by molar-refractivity contribution is 6.35. The van der Waals surface area contributed by atoms with Gasteiger partial charge in [0, 0.05) is 27.4 Å². The molecular weight excluding hydrogens is 458 g/mol. The van der Waals surface area contributed by atoms with Gasteiger partial charge in [0.15, 0.2) is 6.61 Å². The summed E-state index contributed by atoms with van der Waals surface area (Å²) in [6.45, 7) is -2.01. The number of alkyl halides is 2. The number of rotatable bonds is 7. The molecule has 3 aromatic rings. The molecule has 0 aliphatic rings. The lowest BCUT2D eigenvalue weighted by atomic mass is 9.97. The Morgan fingerprint density at radius 1 is 1.19 bits per heavy atom. The predicted molar refractivity (Wildman–Crippen MR) is 110 cm³/mol. The summed E-state index contributed by atoms with van der Waals surface area (Å²) < 4.78 is 55.2. The molecule has 1 aromatic heterocycles. The number of carbonyl (C=O) groups excluding carboxylic acids is 1. The van der Waals surface area contributed by atoms with E-state index in [2.05, 4.69) is 14.5 Å². The molecule has 5 nitrogen and oxygen atoms in total. The van der Waals surface area contributed by atoms with E-state index in [1.807, 2.05) is 0 Å². The fraction of sp³-hybridized carbons (Fsp3) is 0.238. The number of nitrogens with zero attached hydrogens (tertiary/aromatic N) is 1. The molecule has 0 N–H and O–H groups in total. The van der Waals surface area contributed by atoms with Crippen LogP contribution in [0.4, 0.5) is 13.2 Å². The van der Waals surface area contributed by atoms with Crippen molar-refractivity contribution in [2.75, 3.05) is 13.7 Å². The summed E-state index contributed by atoms with van der Waals surface area (Å²) in [5.41, 5.74) is 0.973. The molecule has 10 heteroatoms. The summed E-state index contributed by atoms with van der Waals surface area (Å²) >= 11 is 12.2. The molecule has 0 saturated heterocycles. The summed E-state index contributed by atoms with van der Waals surface area (Å²) in [6, 6.07) is 7.14. The van der Waals surface area contributed by atoms with Gasteiger partial charge in [0.05, 0.1) is 7.11 Å². The Hall–Kier alpha value is -2.71. The quantitative estimate of drug-likeness (QED) is 0.410. The van der Waals surface area contributed by atoms with Gasteiger partial charge in [-0.05, 0) is 42.3 Å². The maximum Gasteiger partial charge on any atom is 0.388 e. The van der Waals surface area contributed by atoms with Crippen molar-refractivity contribution in [3.8, 4) is 11.6 Å². The molecule has 31 heavy (non-hydrogen) atoms. The van der Waals surface area contributed by atoms with Crippen molar-refractivity contribution in [1.82, 2.24) is 4.98 Å². The molecule has 0 aliphatic heterocycles. The Labute approximate surface area is 185 Å². The minimum atomic E-state index is -3.18. The molecule has 0 radical (unpaired) electrons. The van der Waals surface area contributed by atoms with Crippen LogP contribution in [0.2, 0.25) is 10.0 Å². The van der Waals surface area contributed by atoms with Gasteiger partial charge in [0.25, 0.3) is 0 Å². The SMILES string of the molecule is COC(=O)COc1ccc(F)c2nc(OC(F)F)c(Cc3ccc(Cl)cc3Cl)c(C)c12. The number of halogens is 5.